The van der Waals surface area contributed by atoms with Gasteiger partial charge in [-0.3, -0.25) is 4.40 Å². The van der Waals surface area contributed by atoms with Crippen molar-refractivity contribution in [2.24, 2.45) is 0 Å². The number of hydrogen-bond donors (Lipinski definition) is 3. The van der Waals surface area contributed by atoms with Crippen LogP contribution in [0.25, 0.3) is 27.8 Å². The smallest absolute Gasteiger partial charge is 0.165 e. The molecule has 4 N–H and O–H groups in total. The summed E-state index contributed by atoms with van der Waals surface area (Å²) in [6.07, 6.45) is 10.6. The van der Waals surface area contributed by atoms with Crippen LogP contribution in [0.5, 0.6) is 0 Å². The van der Waals surface area contributed by atoms with Crippen molar-refractivity contribution in [1.29, 1.82) is 0 Å². The molecule has 7 nitrogen and oxygen atoms in total. The molecule has 208 valence electrons. The van der Waals surface area contributed by atoms with Crippen LogP contribution < -0.4 is 11.1 Å². The molecule has 0 amide bonds. The van der Waals surface area contributed by atoms with Crippen LogP contribution in [0, 0.1) is 12.7 Å². The van der Waals surface area contributed by atoms with Gasteiger partial charge in [0.05, 0.1) is 5.69 Å². The third-order valence-electron chi connectivity index (χ3n) is 7.42. The summed E-state index contributed by atoms with van der Waals surface area (Å²) in [4.78, 5) is 16.8. The molecule has 0 radical (unpaired) electrons. The normalized spacial score (nSPS) is 13.8. The Balaban J connectivity index is 0.000000186. The summed E-state index contributed by atoms with van der Waals surface area (Å²) in [5, 5.41) is 4.18. The average molecular weight is 560 g/mol. The van der Waals surface area contributed by atoms with E-state index in [4.69, 9.17) is 22.3 Å². The number of rotatable bonds is 6. The number of halogens is 2. The summed E-state index contributed by atoms with van der Waals surface area (Å²) in [5.41, 5.74) is 12.6. The highest BCUT2D eigenvalue weighted by Crippen LogP contribution is 2.37. The van der Waals surface area contributed by atoms with E-state index in [9.17, 15) is 4.39 Å². The zero-order chi connectivity index (χ0) is 28.2. The lowest BCUT2D eigenvalue weighted by Crippen LogP contribution is -2.13. The van der Waals surface area contributed by atoms with Gasteiger partial charge in [0.1, 0.15) is 22.9 Å². The number of para-hydroxylation sites is 1. The maximum atomic E-state index is 13.2. The number of aryl methyl sites for hydroxylation is 1. The van der Waals surface area contributed by atoms with Crippen LogP contribution in [0.3, 0.4) is 0 Å². The summed E-state index contributed by atoms with van der Waals surface area (Å²) >= 11 is 5.56. The van der Waals surface area contributed by atoms with Crippen molar-refractivity contribution in [3.63, 3.8) is 0 Å². The van der Waals surface area contributed by atoms with Gasteiger partial charge in [-0.15, -0.1) is 0 Å². The van der Waals surface area contributed by atoms with Crippen molar-refractivity contribution in [1.82, 2.24) is 29.7 Å². The number of nitrogen functional groups attached to an aromatic ring is 1. The van der Waals surface area contributed by atoms with E-state index in [1.54, 1.807) is 13.1 Å². The van der Waals surface area contributed by atoms with Crippen LogP contribution in [0.2, 0.25) is 5.15 Å². The molecular weight excluding hydrogens is 525 g/mol. The molecule has 0 bridgehead atoms. The van der Waals surface area contributed by atoms with Crippen molar-refractivity contribution < 1.29 is 4.39 Å². The van der Waals surface area contributed by atoms with Gasteiger partial charge in [0.2, 0.25) is 0 Å². The van der Waals surface area contributed by atoms with Gasteiger partial charge in [-0.05, 0) is 50.5 Å². The molecule has 0 spiro atoms. The minimum Gasteiger partial charge on any atom is -0.389 e. The van der Waals surface area contributed by atoms with Crippen LogP contribution in [-0.2, 0) is 6.42 Å². The number of aromatic amines is 1. The van der Waals surface area contributed by atoms with Gasteiger partial charge in [-0.1, -0.05) is 55.6 Å². The second kappa shape index (κ2) is 12.1. The number of benzene rings is 1. The topological polar surface area (TPSA) is 96.9 Å². The molecule has 40 heavy (non-hydrogen) atoms. The summed E-state index contributed by atoms with van der Waals surface area (Å²) in [6.45, 7) is 8.44. The molecule has 1 aromatic carbocycles. The number of nitrogens with zero attached hydrogens (tertiary/aromatic N) is 4. The fraction of sp³-hybridized carbons (Fsp3) is 0.323. The van der Waals surface area contributed by atoms with E-state index in [1.165, 1.54) is 43.6 Å². The van der Waals surface area contributed by atoms with E-state index in [-0.39, 0.29) is 5.15 Å². The van der Waals surface area contributed by atoms with Gasteiger partial charge in [0.15, 0.2) is 11.0 Å². The number of nitrogens with two attached hydrogens (primary N) is 1. The SMILES string of the molecule is C=C(Cc1cc(F)c(Cl)nc1C)NCC.Nc1nccn2c(C3CCCCC3)nc(-c3cc4ccccc4[nH]3)c12. The van der Waals surface area contributed by atoms with Crippen LogP contribution >= 0.6 is 11.6 Å². The number of hydrogen-bond acceptors (Lipinski definition) is 5. The van der Waals surface area contributed by atoms with Gasteiger partial charge in [-0.25, -0.2) is 19.3 Å². The first-order chi connectivity index (χ1) is 19.4. The molecule has 1 aliphatic carbocycles. The minimum atomic E-state index is -0.485. The number of likely N-dealkylation sites (N-methyl/N-ethyl adjacent to an activating group) is 1. The third-order valence-corrected chi connectivity index (χ3v) is 7.69. The summed E-state index contributed by atoms with van der Waals surface area (Å²) in [7, 11) is 0. The Morgan fingerprint density at radius 2 is 1.98 bits per heavy atom. The van der Waals surface area contributed by atoms with Gasteiger partial charge >= 0.3 is 0 Å². The van der Waals surface area contributed by atoms with E-state index < -0.39 is 5.82 Å². The average Bonchev–Trinajstić information content (AvgIpc) is 3.55. The van der Waals surface area contributed by atoms with Gasteiger partial charge in [-0.2, -0.15) is 0 Å². The molecule has 1 saturated carbocycles. The molecule has 4 aromatic heterocycles. The van der Waals surface area contributed by atoms with Gasteiger partial charge < -0.3 is 16.0 Å². The highest BCUT2D eigenvalue weighted by atomic mass is 35.5. The number of H-pyrrole nitrogens is 1. The van der Waals surface area contributed by atoms with E-state index in [1.807, 2.05) is 19.2 Å². The molecule has 0 saturated heterocycles. The molecule has 1 fully saturated rings. The molecule has 6 rings (SSSR count). The Labute approximate surface area is 238 Å². The maximum absolute atomic E-state index is 13.2. The fourth-order valence-corrected chi connectivity index (χ4v) is 5.62. The third kappa shape index (κ3) is 5.82. The number of imidazole rings is 1. The predicted octanol–water partition coefficient (Wildman–Crippen LogP) is 7.36. The van der Waals surface area contributed by atoms with Crippen LogP contribution in [0.1, 0.15) is 62.0 Å². The van der Waals surface area contributed by atoms with Crippen molar-refractivity contribution in [3.05, 3.63) is 89.1 Å². The molecule has 5 aromatic rings. The summed E-state index contributed by atoms with van der Waals surface area (Å²) in [6, 6.07) is 11.8. The Morgan fingerprint density at radius 3 is 2.73 bits per heavy atom. The molecular formula is C31H35ClFN7. The lowest BCUT2D eigenvalue weighted by atomic mass is 9.89. The number of fused-ring (bicyclic) bond motifs is 2. The second-order valence-electron chi connectivity index (χ2n) is 10.3. The van der Waals surface area contributed by atoms with Crippen LogP contribution in [0.15, 0.2) is 61.1 Å². The van der Waals surface area contributed by atoms with E-state index >= 15 is 0 Å². The second-order valence-corrected chi connectivity index (χ2v) is 10.6. The Morgan fingerprint density at radius 1 is 1.20 bits per heavy atom. The first-order valence-electron chi connectivity index (χ1n) is 13.8. The van der Waals surface area contributed by atoms with E-state index in [2.05, 4.69) is 55.5 Å². The molecule has 0 unspecified atom stereocenters. The zero-order valence-corrected chi connectivity index (χ0v) is 23.7. The highest BCUT2D eigenvalue weighted by Gasteiger charge is 2.24. The molecule has 9 heteroatoms. The van der Waals surface area contributed by atoms with Crippen LogP contribution in [0.4, 0.5) is 10.2 Å². The minimum absolute atomic E-state index is 0.0784. The number of aromatic nitrogens is 5. The van der Waals surface area contributed by atoms with Crippen molar-refractivity contribution >= 4 is 33.8 Å². The van der Waals surface area contributed by atoms with E-state index in [0.717, 1.165) is 51.7 Å². The standard InChI is InChI=1S/C20H21N5.C11H14ClFN2/c21-19-18-17(16-12-14-8-4-5-9-15(14)23-16)24-20(25(18)11-10-22-19)13-6-2-1-3-7-13;1-4-14-7(2)5-9-6-10(13)11(12)15-8(9)3/h4-5,8-13,23H,1-3,6-7H2,(H2,21,22);6,14H,2,4-5H2,1,3H3. The van der Waals surface area contributed by atoms with Gasteiger partial charge in [0, 0.05) is 53.6 Å². The summed E-state index contributed by atoms with van der Waals surface area (Å²) < 4.78 is 15.3. The zero-order valence-electron chi connectivity index (χ0n) is 23.0. The predicted molar refractivity (Wildman–Crippen MR) is 161 cm³/mol. The Kier molecular flexibility index (Phi) is 8.35. The maximum Gasteiger partial charge on any atom is 0.165 e. The largest absolute Gasteiger partial charge is 0.389 e. The highest BCUT2D eigenvalue weighted by molar-refractivity contribution is 6.29. The lowest BCUT2D eigenvalue weighted by molar-refractivity contribution is 0.428. The van der Waals surface area contributed by atoms with Crippen molar-refractivity contribution in [2.45, 2.75) is 58.3 Å². The first-order valence-corrected chi connectivity index (χ1v) is 14.2. The van der Waals surface area contributed by atoms with E-state index in [0.29, 0.717) is 18.2 Å². The molecule has 4 heterocycles. The number of nitrogens with one attached hydrogen (secondary N) is 2. The lowest BCUT2D eigenvalue weighted by Gasteiger charge is -2.20. The van der Waals surface area contributed by atoms with Crippen molar-refractivity contribution in [2.75, 3.05) is 12.3 Å². The fourth-order valence-electron chi connectivity index (χ4n) is 5.44. The molecule has 0 aliphatic heterocycles. The first kappa shape index (κ1) is 27.6. The monoisotopic (exact) mass is 559 g/mol. The molecule has 1 aliphatic rings. The molecule has 0 atom stereocenters. The number of pyridine rings is 1. The van der Waals surface area contributed by atoms with Gasteiger partial charge in [0.25, 0.3) is 0 Å². The number of anilines is 1. The van der Waals surface area contributed by atoms with Crippen LogP contribution in [-0.4, -0.2) is 30.9 Å². The Bertz CT molecular complexity index is 1620. The number of allylic oxidation sites excluding steroid dienone is 1. The van der Waals surface area contributed by atoms with Crippen molar-refractivity contribution in [3.8, 4) is 11.4 Å². The quantitative estimate of drug-likeness (QED) is 0.189. The Hall–Kier alpha value is -3.91. The summed E-state index contributed by atoms with van der Waals surface area (Å²) in [5.74, 6) is 1.67.